The Morgan fingerprint density at radius 3 is 2.46 bits per heavy atom. The average Bonchev–Trinajstić information content (AvgIpc) is 2.05. The quantitative estimate of drug-likeness (QED) is 0.695. The Balaban J connectivity index is 2.54. The number of hydrogen-bond acceptors (Lipinski definition) is 2. The van der Waals surface area contributed by atoms with Crippen LogP contribution in [0, 0.1) is 0 Å². The van der Waals surface area contributed by atoms with Crippen molar-refractivity contribution < 1.29 is 13.2 Å². The Bertz CT molecular complexity index is 152. The van der Waals surface area contributed by atoms with Crippen LogP contribution in [0.5, 0.6) is 0 Å². The molecule has 0 radical (unpaired) electrons. The van der Waals surface area contributed by atoms with E-state index in [2.05, 4.69) is 10.6 Å². The van der Waals surface area contributed by atoms with Crippen molar-refractivity contribution in [2.45, 2.75) is 37.5 Å². The van der Waals surface area contributed by atoms with Crippen molar-refractivity contribution in [3.8, 4) is 0 Å². The lowest BCUT2D eigenvalue weighted by Gasteiger charge is -2.32. The minimum Gasteiger partial charge on any atom is -0.312 e. The highest BCUT2D eigenvalue weighted by molar-refractivity contribution is 4.88. The van der Waals surface area contributed by atoms with E-state index in [1.54, 1.807) is 0 Å². The summed E-state index contributed by atoms with van der Waals surface area (Å²) >= 11 is 0. The number of nitrogens with one attached hydrogen (secondary N) is 2. The molecule has 1 heterocycles. The van der Waals surface area contributed by atoms with Crippen LogP contribution in [0.1, 0.15) is 19.3 Å². The minimum atomic E-state index is -4.15. The first-order chi connectivity index (χ1) is 6.05. The van der Waals surface area contributed by atoms with Gasteiger partial charge in [0.1, 0.15) is 6.04 Å². The van der Waals surface area contributed by atoms with Gasteiger partial charge in [0.2, 0.25) is 0 Å². The molecule has 78 valence electrons. The van der Waals surface area contributed by atoms with Gasteiger partial charge < -0.3 is 10.6 Å². The van der Waals surface area contributed by atoms with Crippen molar-refractivity contribution in [2.24, 2.45) is 0 Å². The van der Waals surface area contributed by atoms with Crippen LogP contribution in [0.25, 0.3) is 0 Å². The lowest BCUT2D eigenvalue weighted by atomic mass is 9.98. The van der Waals surface area contributed by atoms with E-state index in [-0.39, 0.29) is 0 Å². The van der Waals surface area contributed by atoms with Gasteiger partial charge in [-0.1, -0.05) is 6.42 Å². The van der Waals surface area contributed by atoms with E-state index in [4.69, 9.17) is 0 Å². The minimum absolute atomic E-state index is 0.459. The summed E-state index contributed by atoms with van der Waals surface area (Å²) in [5.41, 5.74) is 0. The predicted molar refractivity (Wildman–Crippen MR) is 44.5 cm³/mol. The van der Waals surface area contributed by atoms with E-state index in [1.807, 2.05) is 0 Å². The summed E-state index contributed by atoms with van der Waals surface area (Å²) in [6.07, 6.45) is -1.69. The van der Waals surface area contributed by atoms with E-state index >= 15 is 0 Å². The van der Waals surface area contributed by atoms with Gasteiger partial charge in [0.05, 0.1) is 0 Å². The van der Waals surface area contributed by atoms with E-state index in [1.165, 1.54) is 7.05 Å². The van der Waals surface area contributed by atoms with E-state index in [9.17, 15) is 13.2 Å². The molecule has 13 heavy (non-hydrogen) atoms. The summed E-state index contributed by atoms with van der Waals surface area (Å²) in [6, 6.07) is -1.87. The van der Waals surface area contributed by atoms with Crippen LogP contribution >= 0.6 is 0 Å². The molecule has 5 heteroatoms. The fourth-order valence-electron chi connectivity index (χ4n) is 1.76. The van der Waals surface area contributed by atoms with Crippen LogP contribution < -0.4 is 10.6 Å². The first-order valence-electron chi connectivity index (χ1n) is 4.53. The molecule has 1 aliphatic rings. The third kappa shape index (κ3) is 2.84. The second-order valence-corrected chi connectivity index (χ2v) is 3.36. The molecule has 2 nitrogen and oxygen atoms in total. The molecule has 0 saturated carbocycles. The standard InChI is InChI=1S/C8H15F3N2/c1-12-7(8(9,10)11)6-4-2-3-5-13-6/h6-7,12-13H,2-5H2,1H3. The van der Waals surface area contributed by atoms with Gasteiger partial charge in [-0.25, -0.2) is 0 Å². The molecule has 1 aliphatic heterocycles. The number of likely N-dealkylation sites (N-methyl/N-ethyl adjacent to an activating group) is 1. The normalized spacial score (nSPS) is 27.2. The average molecular weight is 196 g/mol. The molecule has 0 aromatic carbocycles. The van der Waals surface area contributed by atoms with Gasteiger partial charge in [0.15, 0.2) is 0 Å². The molecule has 1 rings (SSSR count). The third-order valence-electron chi connectivity index (χ3n) is 2.41. The first kappa shape index (κ1) is 10.8. The highest BCUT2D eigenvalue weighted by Gasteiger charge is 2.43. The highest BCUT2D eigenvalue weighted by atomic mass is 19.4. The van der Waals surface area contributed by atoms with Gasteiger partial charge in [-0.2, -0.15) is 13.2 Å². The zero-order valence-corrected chi connectivity index (χ0v) is 7.62. The smallest absolute Gasteiger partial charge is 0.312 e. The number of rotatable bonds is 2. The summed E-state index contributed by atoms with van der Waals surface area (Å²) < 4.78 is 37.2. The summed E-state index contributed by atoms with van der Waals surface area (Å²) in [4.78, 5) is 0. The van der Waals surface area contributed by atoms with Gasteiger partial charge in [-0.05, 0) is 26.4 Å². The van der Waals surface area contributed by atoms with Gasteiger partial charge in [-0.15, -0.1) is 0 Å². The molecule has 1 fully saturated rings. The lowest BCUT2D eigenvalue weighted by Crippen LogP contribution is -2.56. The van der Waals surface area contributed by atoms with Crippen LogP contribution in [-0.2, 0) is 0 Å². The van der Waals surface area contributed by atoms with E-state index in [0.717, 1.165) is 12.8 Å². The molecule has 0 aliphatic carbocycles. The van der Waals surface area contributed by atoms with Crippen LogP contribution in [-0.4, -0.2) is 31.9 Å². The molecule has 0 amide bonds. The van der Waals surface area contributed by atoms with Crippen LogP contribution in [0.15, 0.2) is 0 Å². The topological polar surface area (TPSA) is 24.1 Å². The van der Waals surface area contributed by atoms with E-state index < -0.39 is 18.3 Å². The van der Waals surface area contributed by atoms with Crippen molar-refractivity contribution >= 4 is 0 Å². The molecule has 0 aromatic rings. The van der Waals surface area contributed by atoms with Crippen molar-refractivity contribution in [3.63, 3.8) is 0 Å². The summed E-state index contributed by atoms with van der Waals surface area (Å²) in [6.45, 7) is 0.693. The van der Waals surface area contributed by atoms with Crippen molar-refractivity contribution in [2.75, 3.05) is 13.6 Å². The maximum absolute atomic E-state index is 12.4. The summed E-state index contributed by atoms with van der Waals surface area (Å²) in [7, 11) is 1.36. The summed E-state index contributed by atoms with van der Waals surface area (Å²) in [5, 5.41) is 5.22. The number of halogens is 3. The molecule has 2 atom stereocenters. The maximum Gasteiger partial charge on any atom is 0.405 e. The first-order valence-corrected chi connectivity index (χ1v) is 4.53. The van der Waals surface area contributed by atoms with Crippen molar-refractivity contribution in [3.05, 3.63) is 0 Å². The molecule has 2 unspecified atom stereocenters. The molecular weight excluding hydrogens is 181 g/mol. The van der Waals surface area contributed by atoms with Crippen molar-refractivity contribution in [1.82, 2.24) is 10.6 Å². The maximum atomic E-state index is 12.4. The predicted octanol–water partition coefficient (Wildman–Crippen LogP) is 1.28. The largest absolute Gasteiger partial charge is 0.405 e. The fraction of sp³-hybridized carbons (Fsp3) is 1.00. The Morgan fingerprint density at radius 2 is 2.08 bits per heavy atom. The Kier molecular flexibility index (Phi) is 3.55. The molecular formula is C8H15F3N2. The zero-order valence-electron chi connectivity index (χ0n) is 7.62. The van der Waals surface area contributed by atoms with Gasteiger partial charge in [-0.3, -0.25) is 0 Å². The Labute approximate surface area is 75.9 Å². The van der Waals surface area contributed by atoms with Gasteiger partial charge in [0, 0.05) is 6.04 Å². The number of hydrogen-bond donors (Lipinski definition) is 2. The molecule has 0 spiro atoms. The van der Waals surface area contributed by atoms with Gasteiger partial charge in [0.25, 0.3) is 0 Å². The second-order valence-electron chi connectivity index (χ2n) is 3.36. The fourth-order valence-corrected chi connectivity index (χ4v) is 1.76. The highest BCUT2D eigenvalue weighted by Crippen LogP contribution is 2.25. The molecule has 1 saturated heterocycles. The van der Waals surface area contributed by atoms with Crippen LogP contribution in [0.4, 0.5) is 13.2 Å². The monoisotopic (exact) mass is 196 g/mol. The van der Waals surface area contributed by atoms with E-state index in [0.29, 0.717) is 13.0 Å². The second kappa shape index (κ2) is 4.28. The van der Waals surface area contributed by atoms with Crippen LogP contribution in [0.3, 0.4) is 0 Å². The molecule has 0 bridgehead atoms. The SMILES string of the molecule is CNC(C1CCCCN1)C(F)(F)F. The third-order valence-corrected chi connectivity index (χ3v) is 2.41. The lowest BCUT2D eigenvalue weighted by molar-refractivity contribution is -0.162. The van der Waals surface area contributed by atoms with Crippen molar-refractivity contribution in [1.29, 1.82) is 0 Å². The van der Waals surface area contributed by atoms with Crippen LogP contribution in [0.2, 0.25) is 0 Å². The molecule has 2 N–H and O–H groups in total. The molecule has 0 aromatic heterocycles. The summed E-state index contributed by atoms with van der Waals surface area (Å²) in [5.74, 6) is 0. The zero-order chi connectivity index (χ0) is 9.90. The Morgan fingerprint density at radius 1 is 1.38 bits per heavy atom. The Hall–Kier alpha value is -0.290. The number of alkyl halides is 3. The number of piperidine rings is 1. The van der Waals surface area contributed by atoms with Gasteiger partial charge >= 0.3 is 6.18 Å².